The van der Waals surface area contributed by atoms with Gasteiger partial charge in [0.05, 0.1) is 13.0 Å². The first-order chi connectivity index (χ1) is 11.9. The monoisotopic (exact) mass is 347 g/mol. The van der Waals surface area contributed by atoms with Crippen molar-refractivity contribution in [3.8, 4) is 5.75 Å². The molecule has 1 aliphatic rings. The summed E-state index contributed by atoms with van der Waals surface area (Å²) in [6.07, 6.45) is 0.252. The molecule has 3 amide bonds. The van der Waals surface area contributed by atoms with Crippen LogP contribution in [0, 0.1) is 5.92 Å². The Morgan fingerprint density at radius 3 is 2.40 bits per heavy atom. The van der Waals surface area contributed by atoms with Crippen LogP contribution in [0.2, 0.25) is 0 Å². The minimum Gasteiger partial charge on any atom is -0.497 e. The maximum atomic E-state index is 12.1. The summed E-state index contributed by atoms with van der Waals surface area (Å²) in [6.45, 7) is 4.98. The maximum Gasteiger partial charge on any atom is 0.251 e. The summed E-state index contributed by atoms with van der Waals surface area (Å²) in [5.74, 6) is 0.0367. The lowest BCUT2D eigenvalue weighted by atomic mass is 10.1. The zero-order valence-corrected chi connectivity index (χ0v) is 14.9. The number of carbonyl (C=O) groups excluding carboxylic acids is 3. The van der Waals surface area contributed by atoms with Gasteiger partial charge in [-0.3, -0.25) is 14.4 Å². The number of carbonyl (C=O) groups is 3. The number of nitrogens with one attached hydrogen (secondary N) is 2. The minimum atomic E-state index is -0.313. The molecule has 0 aromatic heterocycles. The SMILES string of the molecule is COc1ccc(C(=O)NCCNC(=O)[C@@H]2CC(=O)N(C(C)C)C2)cc1. The maximum absolute atomic E-state index is 12.1. The Morgan fingerprint density at radius 2 is 1.84 bits per heavy atom. The molecular formula is C18H25N3O4. The second kappa shape index (κ2) is 8.50. The molecule has 1 heterocycles. The highest BCUT2D eigenvalue weighted by Gasteiger charge is 2.35. The Bertz CT molecular complexity index is 628. The van der Waals surface area contributed by atoms with E-state index in [1.54, 1.807) is 36.3 Å². The number of hydrogen-bond acceptors (Lipinski definition) is 4. The van der Waals surface area contributed by atoms with Gasteiger partial charge in [0.1, 0.15) is 5.75 Å². The highest BCUT2D eigenvalue weighted by Crippen LogP contribution is 2.20. The van der Waals surface area contributed by atoms with Crippen molar-refractivity contribution in [3.63, 3.8) is 0 Å². The summed E-state index contributed by atoms with van der Waals surface area (Å²) in [5, 5.41) is 5.52. The third kappa shape index (κ3) is 4.95. The number of nitrogens with zero attached hydrogens (tertiary/aromatic N) is 1. The molecule has 25 heavy (non-hydrogen) atoms. The Labute approximate surface area is 147 Å². The second-order valence-corrected chi connectivity index (χ2v) is 6.32. The van der Waals surface area contributed by atoms with Gasteiger partial charge >= 0.3 is 0 Å². The Kier molecular flexibility index (Phi) is 6.38. The van der Waals surface area contributed by atoms with Crippen LogP contribution < -0.4 is 15.4 Å². The molecule has 1 atom stereocenters. The Hall–Kier alpha value is -2.57. The molecule has 0 unspecified atom stereocenters. The molecule has 0 spiro atoms. The first kappa shape index (κ1) is 18.8. The smallest absolute Gasteiger partial charge is 0.251 e. The van der Waals surface area contributed by atoms with Crippen LogP contribution >= 0.6 is 0 Å². The quantitative estimate of drug-likeness (QED) is 0.714. The van der Waals surface area contributed by atoms with E-state index >= 15 is 0 Å². The molecule has 7 nitrogen and oxygen atoms in total. The van der Waals surface area contributed by atoms with E-state index in [1.165, 1.54) is 0 Å². The Morgan fingerprint density at radius 1 is 1.20 bits per heavy atom. The zero-order chi connectivity index (χ0) is 18.4. The lowest BCUT2D eigenvalue weighted by Crippen LogP contribution is -2.39. The molecule has 1 aromatic carbocycles. The summed E-state index contributed by atoms with van der Waals surface area (Å²) < 4.78 is 5.05. The van der Waals surface area contributed by atoms with Crippen LogP contribution in [-0.4, -0.2) is 55.4 Å². The second-order valence-electron chi connectivity index (χ2n) is 6.32. The van der Waals surface area contributed by atoms with E-state index in [0.717, 1.165) is 0 Å². The predicted octanol–water partition coefficient (Wildman–Crippen LogP) is 0.798. The molecule has 0 bridgehead atoms. The van der Waals surface area contributed by atoms with Crippen LogP contribution in [-0.2, 0) is 9.59 Å². The van der Waals surface area contributed by atoms with Crippen molar-refractivity contribution < 1.29 is 19.1 Å². The fourth-order valence-electron chi connectivity index (χ4n) is 2.76. The summed E-state index contributed by atoms with van der Waals surface area (Å²) in [4.78, 5) is 37.7. The summed E-state index contributed by atoms with van der Waals surface area (Å²) in [6, 6.07) is 6.89. The zero-order valence-electron chi connectivity index (χ0n) is 14.9. The van der Waals surface area contributed by atoms with Gasteiger partial charge in [0.15, 0.2) is 0 Å². The van der Waals surface area contributed by atoms with Crippen molar-refractivity contribution in [1.82, 2.24) is 15.5 Å². The third-order valence-corrected chi connectivity index (χ3v) is 4.21. The van der Waals surface area contributed by atoms with E-state index in [-0.39, 0.29) is 36.1 Å². The predicted molar refractivity (Wildman–Crippen MR) is 93.3 cm³/mol. The molecule has 0 saturated carbocycles. The highest BCUT2D eigenvalue weighted by molar-refractivity contribution is 5.94. The topological polar surface area (TPSA) is 87.7 Å². The summed E-state index contributed by atoms with van der Waals surface area (Å²) in [5.41, 5.74) is 0.529. The molecule has 1 aliphatic heterocycles. The fraction of sp³-hybridized carbons (Fsp3) is 0.500. The number of methoxy groups -OCH3 is 1. The van der Waals surface area contributed by atoms with E-state index in [4.69, 9.17) is 4.74 Å². The van der Waals surface area contributed by atoms with Gasteiger partial charge in [0, 0.05) is 37.7 Å². The van der Waals surface area contributed by atoms with Crippen molar-refractivity contribution in [3.05, 3.63) is 29.8 Å². The van der Waals surface area contributed by atoms with E-state index < -0.39 is 0 Å². The molecule has 2 N–H and O–H groups in total. The van der Waals surface area contributed by atoms with Gasteiger partial charge in [-0.25, -0.2) is 0 Å². The normalized spacial score (nSPS) is 16.9. The van der Waals surface area contributed by atoms with Gasteiger partial charge < -0.3 is 20.3 Å². The average Bonchev–Trinajstić information content (AvgIpc) is 3.00. The van der Waals surface area contributed by atoms with Gasteiger partial charge in [0.25, 0.3) is 5.91 Å². The van der Waals surface area contributed by atoms with Crippen LogP contribution in [0.4, 0.5) is 0 Å². The van der Waals surface area contributed by atoms with Crippen molar-refractivity contribution in [2.24, 2.45) is 5.92 Å². The van der Waals surface area contributed by atoms with Gasteiger partial charge in [0.2, 0.25) is 11.8 Å². The molecule has 7 heteroatoms. The summed E-state index contributed by atoms with van der Waals surface area (Å²) in [7, 11) is 1.57. The van der Waals surface area contributed by atoms with Crippen LogP contribution in [0.15, 0.2) is 24.3 Å². The van der Waals surface area contributed by atoms with Crippen LogP contribution in [0.3, 0.4) is 0 Å². The molecule has 1 aromatic rings. The van der Waals surface area contributed by atoms with Crippen molar-refractivity contribution in [2.45, 2.75) is 26.3 Å². The number of ether oxygens (including phenoxy) is 1. The number of amides is 3. The standard InChI is InChI=1S/C18H25N3O4/c1-12(2)21-11-14(10-16(21)22)18(24)20-9-8-19-17(23)13-4-6-15(25-3)7-5-13/h4-7,12,14H,8-11H2,1-3H3,(H,19,23)(H,20,24)/t14-/m1/s1. The third-order valence-electron chi connectivity index (χ3n) is 4.21. The number of hydrogen-bond donors (Lipinski definition) is 2. The van der Waals surface area contributed by atoms with Gasteiger partial charge in [-0.15, -0.1) is 0 Å². The van der Waals surface area contributed by atoms with Gasteiger partial charge in [-0.2, -0.15) is 0 Å². The van der Waals surface area contributed by atoms with Crippen LogP contribution in [0.1, 0.15) is 30.6 Å². The lowest BCUT2D eigenvalue weighted by molar-refractivity contribution is -0.129. The first-order valence-electron chi connectivity index (χ1n) is 8.41. The van der Waals surface area contributed by atoms with E-state index in [0.29, 0.717) is 30.9 Å². The fourth-order valence-corrected chi connectivity index (χ4v) is 2.76. The number of rotatable bonds is 7. The number of benzene rings is 1. The summed E-state index contributed by atoms with van der Waals surface area (Å²) >= 11 is 0. The van der Waals surface area contributed by atoms with E-state index in [2.05, 4.69) is 10.6 Å². The van der Waals surface area contributed by atoms with E-state index in [1.807, 2.05) is 13.8 Å². The van der Waals surface area contributed by atoms with Crippen LogP contribution in [0.25, 0.3) is 0 Å². The first-order valence-corrected chi connectivity index (χ1v) is 8.41. The molecule has 1 fully saturated rings. The largest absolute Gasteiger partial charge is 0.497 e. The lowest BCUT2D eigenvalue weighted by Gasteiger charge is -2.20. The molecule has 0 aliphatic carbocycles. The van der Waals surface area contributed by atoms with Crippen molar-refractivity contribution >= 4 is 17.7 Å². The van der Waals surface area contributed by atoms with Gasteiger partial charge in [-0.1, -0.05) is 0 Å². The number of likely N-dealkylation sites (tertiary alicyclic amines) is 1. The van der Waals surface area contributed by atoms with Gasteiger partial charge in [-0.05, 0) is 38.1 Å². The van der Waals surface area contributed by atoms with E-state index in [9.17, 15) is 14.4 Å². The molecular weight excluding hydrogens is 322 g/mol. The average molecular weight is 347 g/mol. The van der Waals surface area contributed by atoms with Crippen LogP contribution in [0.5, 0.6) is 5.75 Å². The molecule has 2 rings (SSSR count). The van der Waals surface area contributed by atoms with Crippen molar-refractivity contribution in [2.75, 3.05) is 26.7 Å². The molecule has 136 valence electrons. The molecule has 1 saturated heterocycles. The highest BCUT2D eigenvalue weighted by atomic mass is 16.5. The molecule has 0 radical (unpaired) electrons. The Balaban J connectivity index is 1.71. The van der Waals surface area contributed by atoms with Crippen molar-refractivity contribution in [1.29, 1.82) is 0 Å². The minimum absolute atomic E-state index is 0.0166.